The normalized spacial score (nSPS) is 18.6. The summed E-state index contributed by atoms with van der Waals surface area (Å²) in [6, 6.07) is 15.4. The molecular formula is C25H24N4O4S. The van der Waals surface area contributed by atoms with E-state index in [1.165, 1.54) is 17.0 Å². The number of hydrogen-bond donors (Lipinski definition) is 1. The number of benzene rings is 2. The Morgan fingerprint density at radius 2 is 1.79 bits per heavy atom. The molecule has 1 aliphatic carbocycles. The monoisotopic (exact) mass is 476 g/mol. The smallest absolute Gasteiger partial charge is 0.257 e. The van der Waals surface area contributed by atoms with Gasteiger partial charge in [-0.15, -0.1) is 11.3 Å². The third kappa shape index (κ3) is 3.86. The largest absolute Gasteiger partial charge is 0.454 e. The first-order valence-corrected chi connectivity index (χ1v) is 12.3. The van der Waals surface area contributed by atoms with Gasteiger partial charge in [0, 0.05) is 42.3 Å². The van der Waals surface area contributed by atoms with Gasteiger partial charge in [-0.2, -0.15) is 0 Å². The summed E-state index contributed by atoms with van der Waals surface area (Å²) in [7, 11) is 0. The van der Waals surface area contributed by atoms with Crippen LogP contribution in [0.4, 0.5) is 10.8 Å². The second kappa shape index (κ2) is 8.64. The molecule has 1 aromatic heterocycles. The number of aromatic nitrogens is 1. The summed E-state index contributed by atoms with van der Waals surface area (Å²) in [4.78, 5) is 36.1. The first kappa shape index (κ1) is 21.0. The van der Waals surface area contributed by atoms with E-state index in [1.54, 1.807) is 18.2 Å². The van der Waals surface area contributed by atoms with E-state index in [0.717, 1.165) is 36.5 Å². The fraction of sp³-hybridized carbons (Fsp3) is 0.320. The van der Waals surface area contributed by atoms with E-state index in [1.807, 2.05) is 23.1 Å². The second-order valence-corrected chi connectivity index (χ2v) is 9.67. The number of rotatable bonds is 4. The van der Waals surface area contributed by atoms with Crippen molar-refractivity contribution in [2.45, 2.75) is 18.8 Å². The highest BCUT2D eigenvalue weighted by atomic mass is 32.1. The van der Waals surface area contributed by atoms with Gasteiger partial charge in [-0.3, -0.25) is 14.9 Å². The Balaban J connectivity index is 1.10. The molecule has 0 unspecified atom stereocenters. The van der Waals surface area contributed by atoms with Gasteiger partial charge in [-0.25, -0.2) is 4.98 Å². The maximum Gasteiger partial charge on any atom is 0.257 e. The van der Waals surface area contributed by atoms with E-state index < -0.39 is 0 Å². The Morgan fingerprint density at radius 3 is 2.62 bits per heavy atom. The van der Waals surface area contributed by atoms with Gasteiger partial charge in [-0.05, 0) is 43.2 Å². The van der Waals surface area contributed by atoms with Crippen molar-refractivity contribution in [3.05, 3.63) is 64.7 Å². The van der Waals surface area contributed by atoms with Gasteiger partial charge in [0.05, 0.1) is 11.6 Å². The third-order valence-corrected chi connectivity index (χ3v) is 7.63. The molecule has 2 aromatic carbocycles. The van der Waals surface area contributed by atoms with Gasteiger partial charge in [0.1, 0.15) is 0 Å². The van der Waals surface area contributed by atoms with Crippen LogP contribution in [-0.4, -0.2) is 54.7 Å². The molecule has 0 radical (unpaired) electrons. The summed E-state index contributed by atoms with van der Waals surface area (Å²) < 4.78 is 10.7. The highest BCUT2D eigenvalue weighted by Gasteiger charge is 2.36. The molecule has 3 aliphatic rings. The number of hydrogen-bond acceptors (Lipinski definition) is 7. The Morgan fingerprint density at radius 1 is 1.00 bits per heavy atom. The van der Waals surface area contributed by atoms with Crippen LogP contribution in [0.15, 0.2) is 48.5 Å². The number of nitrogens with zero attached hydrogens (tertiary/aromatic N) is 3. The van der Waals surface area contributed by atoms with Crippen LogP contribution < -0.4 is 19.7 Å². The number of aryl methyl sites for hydroxylation is 1. The van der Waals surface area contributed by atoms with Crippen molar-refractivity contribution in [1.82, 2.24) is 9.88 Å². The Labute approximate surface area is 201 Å². The molecule has 0 saturated carbocycles. The molecule has 3 aromatic rings. The molecule has 2 aliphatic heterocycles. The summed E-state index contributed by atoms with van der Waals surface area (Å²) in [6.07, 6.45) is 1.59. The Bertz CT molecular complexity index is 1240. The Kier molecular flexibility index (Phi) is 5.33. The van der Waals surface area contributed by atoms with Crippen LogP contribution in [-0.2, 0) is 11.2 Å². The number of amides is 2. The van der Waals surface area contributed by atoms with Crippen molar-refractivity contribution in [3.63, 3.8) is 0 Å². The van der Waals surface area contributed by atoms with Crippen LogP contribution in [0.5, 0.6) is 11.5 Å². The molecule has 0 spiro atoms. The molecule has 6 rings (SSSR count). The number of piperazine rings is 1. The molecule has 9 heteroatoms. The van der Waals surface area contributed by atoms with E-state index in [4.69, 9.17) is 9.47 Å². The SMILES string of the molecule is O=C(Nc1nc2c(s1)CC[C@H]2C(=O)N1CCN(c2ccccc2)CC1)c1ccc2c(c1)OCO2. The minimum atomic E-state index is -0.259. The summed E-state index contributed by atoms with van der Waals surface area (Å²) in [5.41, 5.74) is 2.49. The lowest BCUT2D eigenvalue weighted by Crippen LogP contribution is -2.50. The fourth-order valence-corrected chi connectivity index (χ4v) is 5.81. The average molecular weight is 477 g/mol. The van der Waals surface area contributed by atoms with Crippen molar-refractivity contribution < 1.29 is 19.1 Å². The van der Waals surface area contributed by atoms with Gasteiger partial charge in [0.25, 0.3) is 5.91 Å². The zero-order valence-electron chi connectivity index (χ0n) is 18.5. The maximum atomic E-state index is 13.3. The predicted molar refractivity (Wildman–Crippen MR) is 129 cm³/mol. The van der Waals surface area contributed by atoms with E-state index in [-0.39, 0.29) is 24.5 Å². The summed E-state index contributed by atoms with van der Waals surface area (Å²) >= 11 is 1.46. The standard InChI is InChI=1S/C25H24N4O4S/c30-23(16-6-8-19-20(14-16)33-15-32-19)27-25-26-22-18(7-9-21(22)34-25)24(31)29-12-10-28(11-13-29)17-4-2-1-3-5-17/h1-6,8,14,18H,7,9-13,15H2,(H,26,27,30)/t18-/m1/s1. The molecule has 1 saturated heterocycles. The van der Waals surface area contributed by atoms with Gasteiger partial charge in [-0.1, -0.05) is 18.2 Å². The van der Waals surface area contributed by atoms with Gasteiger partial charge >= 0.3 is 0 Å². The van der Waals surface area contributed by atoms with Crippen LogP contribution in [0.1, 0.15) is 33.3 Å². The molecule has 174 valence electrons. The highest BCUT2D eigenvalue weighted by Crippen LogP contribution is 2.40. The van der Waals surface area contributed by atoms with Crippen molar-refractivity contribution in [2.24, 2.45) is 0 Å². The molecular weight excluding hydrogens is 452 g/mol. The topological polar surface area (TPSA) is 84.0 Å². The van der Waals surface area contributed by atoms with Gasteiger partial charge in [0.2, 0.25) is 12.7 Å². The number of anilines is 2. The molecule has 3 heterocycles. The zero-order chi connectivity index (χ0) is 23.1. The van der Waals surface area contributed by atoms with E-state index in [2.05, 4.69) is 27.3 Å². The number of nitrogens with one attached hydrogen (secondary N) is 1. The molecule has 1 atom stereocenters. The van der Waals surface area contributed by atoms with Gasteiger partial charge in [0.15, 0.2) is 16.6 Å². The van der Waals surface area contributed by atoms with Crippen LogP contribution in [0.25, 0.3) is 0 Å². The minimum absolute atomic E-state index is 0.144. The number of carbonyl (C=O) groups excluding carboxylic acids is 2. The van der Waals surface area contributed by atoms with Crippen molar-refractivity contribution >= 4 is 34.0 Å². The average Bonchev–Trinajstić information content (AvgIpc) is 3.59. The highest BCUT2D eigenvalue weighted by molar-refractivity contribution is 7.16. The number of carbonyl (C=O) groups is 2. The first-order valence-electron chi connectivity index (χ1n) is 11.4. The summed E-state index contributed by atoms with van der Waals surface area (Å²) in [5, 5.41) is 3.41. The lowest BCUT2D eigenvalue weighted by atomic mass is 10.1. The van der Waals surface area contributed by atoms with E-state index in [0.29, 0.717) is 35.3 Å². The van der Waals surface area contributed by atoms with Crippen LogP contribution in [0.3, 0.4) is 0 Å². The lowest BCUT2D eigenvalue weighted by Gasteiger charge is -2.37. The number of thiazole rings is 1. The fourth-order valence-electron chi connectivity index (χ4n) is 4.77. The third-order valence-electron chi connectivity index (χ3n) is 6.58. The van der Waals surface area contributed by atoms with Crippen LogP contribution in [0, 0.1) is 0 Å². The second-order valence-electron chi connectivity index (χ2n) is 8.59. The molecule has 0 bridgehead atoms. The van der Waals surface area contributed by atoms with E-state index >= 15 is 0 Å². The maximum absolute atomic E-state index is 13.3. The van der Waals surface area contributed by atoms with Gasteiger partial charge < -0.3 is 19.3 Å². The molecule has 1 N–H and O–H groups in total. The Hall–Kier alpha value is -3.59. The lowest BCUT2D eigenvalue weighted by molar-refractivity contribution is -0.133. The molecule has 2 amide bonds. The molecule has 1 fully saturated rings. The van der Waals surface area contributed by atoms with Crippen molar-refractivity contribution in [2.75, 3.05) is 43.2 Å². The van der Waals surface area contributed by atoms with Crippen molar-refractivity contribution in [3.8, 4) is 11.5 Å². The summed E-state index contributed by atoms with van der Waals surface area (Å²) in [6.45, 7) is 3.22. The molecule has 34 heavy (non-hydrogen) atoms. The quantitative estimate of drug-likeness (QED) is 0.621. The molecule has 8 nitrogen and oxygen atoms in total. The predicted octanol–water partition coefficient (Wildman–Crippen LogP) is 3.50. The van der Waals surface area contributed by atoms with Crippen molar-refractivity contribution in [1.29, 1.82) is 0 Å². The first-order chi connectivity index (χ1) is 16.7. The zero-order valence-corrected chi connectivity index (χ0v) is 19.3. The van der Waals surface area contributed by atoms with E-state index in [9.17, 15) is 9.59 Å². The summed E-state index contributed by atoms with van der Waals surface area (Å²) in [5.74, 6) is 0.852. The number of fused-ring (bicyclic) bond motifs is 2. The number of ether oxygens (including phenoxy) is 2. The van der Waals surface area contributed by atoms with Crippen LogP contribution >= 0.6 is 11.3 Å². The minimum Gasteiger partial charge on any atom is -0.454 e. The number of para-hydroxylation sites is 1. The van der Waals surface area contributed by atoms with Crippen LogP contribution in [0.2, 0.25) is 0 Å².